The summed E-state index contributed by atoms with van der Waals surface area (Å²) < 4.78 is 13.0. The number of hydrogen-bond acceptors (Lipinski definition) is 4. The van der Waals surface area contributed by atoms with Gasteiger partial charge >= 0.3 is 0 Å². The molecule has 2 heterocycles. The fourth-order valence-electron chi connectivity index (χ4n) is 4.80. The topological polar surface area (TPSA) is 64.0 Å². The quantitative estimate of drug-likeness (QED) is 0.310. The molecule has 3 aromatic carbocycles. The van der Waals surface area contributed by atoms with Gasteiger partial charge < -0.3 is 23.8 Å². The van der Waals surface area contributed by atoms with E-state index in [1.54, 1.807) is 12.0 Å². The van der Waals surface area contributed by atoms with Crippen molar-refractivity contribution in [2.24, 2.45) is 0 Å². The van der Waals surface area contributed by atoms with Crippen LogP contribution in [0.5, 0.6) is 11.5 Å². The molecule has 1 aromatic heterocycles. The number of para-hydroxylation sites is 1. The summed E-state index contributed by atoms with van der Waals surface area (Å²) in [5, 5.41) is 0.649. The van der Waals surface area contributed by atoms with Gasteiger partial charge in [0.05, 0.1) is 18.4 Å². The van der Waals surface area contributed by atoms with Gasteiger partial charge in [0.2, 0.25) is 0 Å². The number of ether oxygens (including phenoxy) is 2. The van der Waals surface area contributed by atoms with Crippen LogP contribution in [0.1, 0.15) is 16.1 Å². The highest BCUT2D eigenvalue weighted by Crippen LogP contribution is 2.32. The van der Waals surface area contributed by atoms with E-state index in [0.717, 1.165) is 28.4 Å². The summed E-state index contributed by atoms with van der Waals surface area (Å²) in [6, 6.07) is 26.6. The molecular formula is C31H30ClN3O4. The van der Waals surface area contributed by atoms with Crippen LogP contribution in [0.15, 0.2) is 84.9 Å². The Labute approximate surface area is 233 Å². The standard InChI is InChI=1S/C31H30ClN3O4/c1-22-28(31(37)34-18-16-33(17-19-34)30(36)21-39-27-6-4-3-5-7-27)20-29(23-8-10-24(32)11-9-23)35(22)25-12-14-26(38-2)15-13-25/h3-15,20H,16-19,21H2,1-2H3. The number of piperazine rings is 1. The summed E-state index contributed by atoms with van der Waals surface area (Å²) in [5.41, 5.74) is 4.23. The van der Waals surface area contributed by atoms with Gasteiger partial charge in [0.15, 0.2) is 6.61 Å². The van der Waals surface area contributed by atoms with Crippen LogP contribution in [-0.2, 0) is 4.79 Å². The van der Waals surface area contributed by atoms with Crippen LogP contribution in [0.25, 0.3) is 16.9 Å². The molecule has 5 rings (SSSR count). The molecule has 1 fully saturated rings. The summed E-state index contributed by atoms with van der Waals surface area (Å²) in [6.07, 6.45) is 0. The number of carbonyl (C=O) groups excluding carboxylic acids is 2. The molecule has 200 valence electrons. The van der Waals surface area contributed by atoms with E-state index in [-0.39, 0.29) is 18.4 Å². The van der Waals surface area contributed by atoms with Gasteiger partial charge in [-0.25, -0.2) is 0 Å². The first kappa shape index (κ1) is 26.4. The number of aromatic nitrogens is 1. The van der Waals surface area contributed by atoms with Crippen LogP contribution in [0, 0.1) is 6.92 Å². The van der Waals surface area contributed by atoms with Crippen LogP contribution in [0.4, 0.5) is 0 Å². The minimum atomic E-state index is -0.0854. The van der Waals surface area contributed by atoms with Crippen LogP contribution in [0.3, 0.4) is 0 Å². The molecule has 2 amide bonds. The zero-order valence-electron chi connectivity index (χ0n) is 22.0. The summed E-state index contributed by atoms with van der Waals surface area (Å²) >= 11 is 6.15. The molecule has 0 radical (unpaired) electrons. The Hall–Kier alpha value is -4.23. The Bertz CT molecular complexity index is 1440. The lowest BCUT2D eigenvalue weighted by Crippen LogP contribution is -2.51. The molecule has 0 bridgehead atoms. The lowest BCUT2D eigenvalue weighted by molar-refractivity contribution is -0.134. The van der Waals surface area contributed by atoms with E-state index in [0.29, 0.717) is 42.5 Å². The van der Waals surface area contributed by atoms with E-state index in [9.17, 15) is 9.59 Å². The second-order valence-electron chi connectivity index (χ2n) is 9.34. The molecule has 0 spiro atoms. The number of benzene rings is 3. The van der Waals surface area contributed by atoms with Crippen LogP contribution in [0.2, 0.25) is 5.02 Å². The monoisotopic (exact) mass is 543 g/mol. The average Bonchev–Trinajstić information content (AvgIpc) is 3.33. The molecule has 1 aliphatic rings. The van der Waals surface area contributed by atoms with Crippen molar-refractivity contribution in [3.63, 3.8) is 0 Å². The lowest BCUT2D eigenvalue weighted by atomic mass is 10.1. The SMILES string of the molecule is COc1ccc(-n2c(-c3ccc(Cl)cc3)cc(C(=O)N3CCN(C(=O)COc4ccccc4)CC3)c2C)cc1. The molecular weight excluding hydrogens is 514 g/mol. The van der Waals surface area contributed by atoms with Gasteiger partial charge in [0, 0.05) is 42.6 Å². The fraction of sp³-hybridized carbons (Fsp3) is 0.226. The molecule has 0 unspecified atom stereocenters. The minimum absolute atomic E-state index is 0.0216. The number of rotatable bonds is 7. The van der Waals surface area contributed by atoms with Crippen molar-refractivity contribution in [3.05, 3.63) is 101 Å². The van der Waals surface area contributed by atoms with Gasteiger partial charge in [-0.3, -0.25) is 9.59 Å². The van der Waals surface area contributed by atoms with E-state index < -0.39 is 0 Å². The summed E-state index contributed by atoms with van der Waals surface area (Å²) in [6.45, 7) is 3.78. The number of carbonyl (C=O) groups is 2. The maximum absolute atomic E-state index is 13.7. The highest BCUT2D eigenvalue weighted by molar-refractivity contribution is 6.30. The molecule has 1 saturated heterocycles. The first-order valence-corrected chi connectivity index (χ1v) is 13.2. The van der Waals surface area contributed by atoms with Gasteiger partial charge in [-0.15, -0.1) is 0 Å². The lowest BCUT2D eigenvalue weighted by Gasteiger charge is -2.34. The van der Waals surface area contributed by atoms with Gasteiger partial charge in [0.1, 0.15) is 11.5 Å². The molecule has 7 nitrogen and oxygen atoms in total. The van der Waals surface area contributed by atoms with Gasteiger partial charge in [0.25, 0.3) is 11.8 Å². The molecule has 0 saturated carbocycles. The van der Waals surface area contributed by atoms with Crippen molar-refractivity contribution < 1.29 is 19.1 Å². The number of halogens is 1. The van der Waals surface area contributed by atoms with Crippen LogP contribution in [-0.4, -0.2) is 66.1 Å². The molecule has 0 aliphatic carbocycles. The zero-order chi connectivity index (χ0) is 27.4. The predicted octanol–water partition coefficient (Wildman–Crippen LogP) is 5.48. The second-order valence-corrected chi connectivity index (χ2v) is 9.78. The molecule has 0 N–H and O–H groups in total. The molecule has 0 atom stereocenters. The van der Waals surface area contributed by atoms with Gasteiger partial charge in [-0.05, 0) is 67.1 Å². The molecule has 4 aromatic rings. The highest BCUT2D eigenvalue weighted by atomic mass is 35.5. The summed E-state index contributed by atoms with van der Waals surface area (Å²) in [4.78, 5) is 30.0. The van der Waals surface area contributed by atoms with Crippen molar-refractivity contribution in [2.45, 2.75) is 6.92 Å². The van der Waals surface area contributed by atoms with Crippen LogP contribution >= 0.6 is 11.6 Å². The average molecular weight is 544 g/mol. The summed E-state index contributed by atoms with van der Waals surface area (Å²) in [7, 11) is 1.63. The van der Waals surface area contributed by atoms with Crippen molar-refractivity contribution in [1.82, 2.24) is 14.4 Å². The second kappa shape index (κ2) is 11.7. The third-order valence-corrected chi connectivity index (χ3v) is 7.23. The minimum Gasteiger partial charge on any atom is -0.497 e. The Morgan fingerprint density at radius 3 is 2.10 bits per heavy atom. The van der Waals surface area contributed by atoms with E-state index in [4.69, 9.17) is 21.1 Å². The van der Waals surface area contributed by atoms with Gasteiger partial charge in [-0.2, -0.15) is 0 Å². The Morgan fingerprint density at radius 2 is 1.46 bits per heavy atom. The van der Waals surface area contributed by atoms with Crippen molar-refractivity contribution in [2.75, 3.05) is 39.9 Å². The number of nitrogens with zero attached hydrogens (tertiary/aromatic N) is 3. The Balaban J connectivity index is 1.34. The number of amides is 2. The van der Waals surface area contributed by atoms with Crippen LogP contribution < -0.4 is 9.47 Å². The number of methoxy groups -OCH3 is 1. The van der Waals surface area contributed by atoms with E-state index in [1.165, 1.54) is 0 Å². The third kappa shape index (κ3) is 5.78. The Kier molecular flexibility index (Phi) is 7.89. The first-order chi connectivity index (χ1) is 18.9. The predicted molar refractivity (Wildman–Crippen MR) is 152 cm³/mol. The third-order valence-electron chi connectivity index (χ3n) is 6.97. The van der Waals surface area contributed by atoms with Gasteiger partial charge in [-0.1, -0.05) is 41.9 Å². The number of hydrogen-bond donors (Lipinski definition) is 0. The maximum atomic E-state index is 13.7. The van der Waals surface area contributed by atoms with Crippen molar-refractivity contribution in [3.8, 4) is 28.4 Å². The highest BCUT2D eigenvalue weighted by Gasteiger charge is 2.28. The molecule has 1 aliphatic heterocycles. The summed E-state index contributed by atoms with van der Waals surface area (Å²) in [5.74, 6) is 1.28. The molecule has 39 heavy (non-hydrogen) atoms. The van der Waals surface area contributed by atoms with E-state index in [2.05, 4.69) is 4.57 Å². The van der Waals surface area contributed by atoms with E-state index >= 15 is 0 Å². The fourth-order valence-corrected chi connectivity index (χ4v) is 4.93. The normalized spacial score (nSPS) is 13.3. The van der Waals surface area contributed by atoms with Crippen molar-refractivity contribution >= 4 is 23.4 Å². The zero-order valence-corrected chi connectivity index (χ0v) is 22.7. The molecule has 8 heteroatoms. The first-order valence-electron chi connectivity index (χ1n) is 12.8. The largest absolute Gasteiger partial charge is 0.497 e. The maximum Gasteiger partial charge on any atom is 0.260 e. The van der Waals surface area contributed by atoms with Crippen molar-refractivity contribution in [1.29, 1.82) is 0 Å². The van der Waals surface area contributed by atoms with E-state index in [1.807, 2.05) is 96.8 Å². The smallest absolute Gasteiger partial charge is 0.260 e. The Morgan fingerprint density at radius 1 is 0.821 bits per heavy atom.